The van der Waals surface area contributed by atoms with Crippen molar-refractivity contribution in [3.63, 3.8) is 0 Å². The molecule has 0 spiro atoms. The van der Waals surface area contributed by atoms with Gasteiger partial charge in [0.25, 0.3) is 0 Å². The van der Waals surface area contributed by atoms with Gasteiger partial charge in [0.2, 0.25) is 5.91 Å². The van der Waals surface area contributed by atoms with Crippen molar-refractivity contribution in [3.8, 4) is 5.75 Å². The molecule has 1 N–H and O–H groups in total. The fraction of sp³-hybridized carbons (Fsp3) is 0.130. The van der Waals surface area contributed by atoms with Crippen LogP contribution in [-0.2, 0) is 11.2 Å². The Morgan fingerprint density at radius 1 is 1.04 bits per heavy atom. The number of carbonyl (C=O) groups excluding carboxylic acids is 1. The molecule has 2 aromatic carbocycles. The van der Waals surface area contributed by atoms with Crippen molar-refractivity contribution in [2.45, 2.75) is 6.42 Å². The van der Waals surface area contributed by atoms with E-state index in [1.807, 2.05) is 66.7 Å². The van der Waals surface area contributed by atoms with Crippen LogP contribution in [0.25, 0.3) is 5.57 Å². The van der Waals surface area contributed by atoms with E-state index >= 15 is 0 Å². The van der Waals surface area contributed by atoms with Crippen molar-refractivity contribution in [2.75, 3.05) is 13.7 Å². The second-order valence-corrected chi connectivity index (χ2v) is 6.06. The largest absolute Gasteiger partial charge is 0.497 e. The van der Waals surface area contributed by atoms with Gasteiger partial charge in [-0.2, -0.15) is 0 Å². The van der Waals surface area contributed by atoms with E-state index in [4.69, 9.17) is 4.74 Å². The molecule has 4 heteroatoms. The lowest BCUT2D eigenvalue weighted by Crippen LogP contribution is -2.24. The third-order valence-electron chi connectivity index (χ3n) is 4.18. The smallest absolute Gasteiger partial charge is 0.244 e. The van der Waals surface area contributed by atoms with Crippen molar-refractivity contribution in [3.05, 3.63) is 102 Å². The molecule has 0 aliphatic carbocycles. The van der Waals surface area contributed by atoms with Gasteiger partial charge in [-0.05, 0) is 41.3 Å². The Bertz CT molecular complexity index is 864. The van der Waals surface area contributed by atoms with Gasteiger partial charge >= 0.3 is 0 Å². The summed E-state index contributed by atoms with van der Waals surface area (Å²) < 4.78 is 5.23. The fourth-order valence-corrected chi connectivity index (χ4v) is 2.81. The van der Waals surface area contributed by atoms with Crippen LogP contribution >= 0.6 is 0 Å². The summed E-state index contributed by atoms with van der Waals surface area (Å²) in [5.41, 5.74) is 3.86. The number of hydrogen-bond donors (Lipinski definition) is 1. The van der Waals surface area contributed by atoms with E-state index in [0.717, 1.165) is 34.4 Å². The maximum absolute atomic E-state index is 12.5. The van der Waals surface area contributed by atoms with E-state index in [1.165, 1.54) is 0 Å². The van der Waals surface area contributed by atoms with E-state index in [9.17, 15) is 4.79 Å². The Labute approximate surface area is 159 Å². The second-order valence-electron chi connectivity index (χ2n) is 6.06. The van der Waals surface area contributed by atoms with Crippen LogP contribution in [0.5, 0.6) is 5.75 Å². The first kappa shape index (κ1) is 18.4. The molecule has 0 atom stereocenters. The number of carbonyl (C=O) groups is 1. The predicted molar refractivity (Wildman–Crippen MR) is 107 cm³/mol. The average Bonchev–Trinajstić information content (AvgIpc) is 2.73. The van der Waals surface area contributed by atoms with Gasteiger partial charge in [-0.1, -0.05) is 48.5 Å². The van der Waals surface area contributed by atoms with Crippen LogP contribution in [0.1, 0.15) is 16.7 Å². The van der Waals surface area contributed by atoms with Crippen molar-refractivity contribution in [1.29, 1.82) is 0 Å². The molecule has 27 heavy (non-hydrogen) atoms. The summed E-state index contributed by atoms with van der Waals surface area (Å²) in [4.78, 5) is 16.7. The van der Waals surface area contributed by atoms with Crippen LogP contribution in [0.4, 0.5) is 0 Å². The number of aromatic nitrogens is 1. The highest BCUT2D eigenvalue weighted by molar-refractivity contribution is 5.99. The lowest BCUT2D eigenvalue weighted by Gasteiger charge is -2.09. The van der Waals surface area contributed by atoms with Crippen molar-refractivity contribution >= 4 is 11.5 Å². The Morgan fingerprint density at radius 3 is 2.59 bits per heavy atom. The summed E-state index contributed by atoms with van der Waals surface area (Å²) in [5.74, 6) is 0.697. The Morgan fingerprint density at radius 2 is 1.85 bits per heavy atom. The summed E-state index contributed by atoms with van der Waals surface area (Å²) in [6.07, 6.45) is 5.87. The monoisotopic (exact) mass is 358 g/mol. The highest BCUT2D eigenvalue weighted by Crippen LogP contribution is 2.22. The van der Waals surface area contributed by atoms with Crippen LogP contribution < -0.4 is 10.1 Å². The van der Waals surface area contributed by atoms with Crippen LogP contribution in [-0.4, -0.2) is 24.5 Å². The van der Waals surface area contributed by atoms with Crippen LogP contribution in [0, 0.1) is 0 Å². The summed E-state index contributed by atoms with van der Waals surface area (Å²) in [7, 11) is 1.65. The highest BCUT2D eigenvalue weighted by atomic mass is 16.5. The first-order valence-corrected chi connectivity index (χ1v) is 8.84. The van der Waals surface area contributed by atoms with Gasteiger partial charge in [0.05, 0.1) is 7.11 Å². The molecule has 136 valence electrons. The lowest BCUT2D eigenvalue weighted by molar-refractivity contribution is -0.116. The van der Waals surface area contributed by atoms with Gasteiger partial charge in [-0.15, -0.1) is 0 Å². The number of methoxy groups -OCH3 is 1. The van der Waals surface area contributed by atoms with Gasteiger partial charge in [0.15, 0.2) is 0 Å². The van der Waals surface area contributed by atoms with Crippen LogP contribution in [0.15, 0.2) is 85.2 Å². The number of pyridine rings is 1. The van der Waals surface area contributed by atoms with Crippen molar-refractivity contribution in [2.24, 2.45) is 0 Å². The molecule has 0 aliphatic rings. The first-order chi connectivity index (χ1) is 13.3. The third-order valence-corrected chi connectivity index (χ3v) is 4.18. The summed E-state index contributed by atoms with van der Waals surface area (Å²) in [6, 6.07) is 21.5. The zero-order chi connectivity index (χ0) is 18.9. The zero-order valence-corrected chi connectivity index (χ0v) is 15.3. The van der Waals surface area contributed by atoms with Crippen LogP contribution in [0.2, 0.25) is 0 Å². The average molecular weight is 358 g/mol. The van der Waals surface area contributed by atoms with E-state index in [-0.39, 0.29) is 5.91 Å². The standard InChI is InChI=1S/C23H22N2O2/c1-27-21-11-5-7-18(15-21)12-14-25-23(26)16-22(19-8-3-2-4-9-19)20-10-6-13-24-17-20/h2-11,13,15-17H,12,14H2,1H3,(H,25,26). The number of amides is 1. The predicted octanol–water partition coefficient (Wildman–Crippen LogP) is 3.88. The number of hydrogen-bond acceptors (Lipinski definition) is 3. The quantitative estimate of drug-likeness (QED) is 0.652. The number of nitrogens with zero attached hydrogens (tertiary/aromatic N) is 1. The minimum Gasteiger partial charge on any atom is -0.497 e. The van der Waals surface area contributed by atoms with Gasteiger partial charge in [-0.25, -0.2) is 0 Å². The minimum atomic E-state index is -0.124. The SMILES string of the molecule is COc1cccc(CCNC(=O)C=C(c2ccccc2)c2cccnc2)c1. The zero-order valence-electron chi connectivity index (χ0n) is 15.3. The Balaban J connectivity index is 1.70. The molecule has 1 heterocycles. The van der Waals surface area contributed by atoms with Gasteiger partial charge in [0, 0.05) is 30.6 Å². The number of benzene rings is 2. The van der Waals surface area contributed by atoms with Crippen molar-refractivity contribution < 1.29 is 9.53 Å². The van der Waals surface area contributed by atoms with Gasteiger partial charge in [-0.3, -0.25) is 9.78 Å². The number of nitrogens with one attached hydrogen (secondary N) is 1. The summed E-state index contributed by atoms with van der Waals surface area (Å²) in [5, 5.41) is 2.96. The molecule has 0 bridgehead atoms. The van der Waals surface area contributed by atoms with Crippen LogP contribution in [0.3, 0.4) is 0 Å². The maximum atomic E-state index is 12.5. The number of ether oxygens (including phenoxy) is 1. The molecular weight excluding hydrogens is 336 g/mol. The van der Waals surface area contributed by atoms with E-state index in [2.05, 4.69) is 10.3 Å². The summed E-state index contributed by atoms with van der Waals surface area (Å²) in [6.45, 7) is 0.553. The van der Waals surface area contributed by atoms with Crippen molar-refractivity contribution in [1.82, 2.24) is 10.3 Å². The Hall–Kier alpha value is -3.40. The molecule has 1 amide bonds. The molecule has 0 radical (unpaired) electrons. The molecule has 3 aromatic rings. The molecule has 1 aromatic heterocycles. The molecular formula is C23H22N2O2. The van der Waals surface area contributed by atoms with E-state index < -0.39 is 0 Å². The normalized spacial score (nSPS) is 11.1. The molecule has 0 aliphatic heterocycles. The third kappa shape index (κ3) is 5.28. The number of rotatable bonds is 7. The minimum absolute atomic E-state index is 0.124. The first-order valence-electron chi connectivity index (χ1n) is 8.84. The van der Waals surface area contributed by atoms with E-state index in [0.29, 0.717) is 6.54 Å². The fourth-order valence-electron chi connectivity index (χ4n) is 2.81. The lowest BCUT2D eigenvalue weighted by atomic mass is 9.99. The molecule has 0 saturated heterocycles. The molecule has 0 fully saturated rings. The second kappa shape index (κ2) is 9.34. The molecule has 3 rings (SSSR count). The van der Waals surface area contributed by atoms with Gasteiger partial charge in [0.1, 0.15) is 5.75 Å². The van der Waals surface area contributed by atoms with E-state index in [1.54, 1.807) is 25.6 Å². The summed E-state index contributed by atoms with van der Waals surface area (Å²) >= 11 is 0. The molecule has 4 nitrogen and oxygen atoms in total. The Kier molecular flexibility index (Phi) is 6.36. The molecule has 0 unspecified atom stereocenters. The topological polar surface area (TPSA) is 51.2 Å². The van der Waals surface area contributed by atoms with Gasteiger partial charge < -0.3 is 10.1 Å². The maximum Gasteiger partial charge on any atom is 0.244 e. The highest BCUT2D eigenvalue weighted by Gasteiger charge is 2.08. The molecule has 0 saturated carbocycles.